The van der Waals surface area contributed by atoms with E-state index in [1.807, 2.05) is 18.2 Å². The number of nitrogens with one attached hydrogen (secondary N) is 1. The zero-order chi connectivity index (χ0) is 11.0. The highest BCUT2D eigenvalue weighted by atomic mass is 127. The molecule has 1 aromatic heterocycles. The van der Waals surface area contributed by atoms with Crippen molar-refractivity contribution in [1.82, 2.24) is 10.2 Å². The van der Waals surface area contributed by atoms with Gasteiger partial charge >= 0.3 is 0 Å². The van der Waals surface area contributed by atoms with Crippen LogP contribution in [0, 0.1) is 3.57 Å². The van der Waals surface area contributed by atoms with Crippen LogP contribution in [0.5, 0.6) is 0 Å². The van der Waals surface area contributed by atoms with Gasteiger partial charge in [-0.05, 0) is 40.8 Å². The summed E-state index contributed by atoms with van der Waals surface area (Å²) >= 11 is 2.32. The van der Waals surface area contributed by atoms with Crippen LogP contribution in [-0.2, 0) is 0 Å². The van der Waals surface area contributed by atoms with Crippen molar-refractivity contribution in [3.63, 3.8) is 0 Å². The van der Waals surface area contributed by atoms with E-state index in [0.717, 1.165) is 16.8 Å². The lowest BCUT2D eigenvalue weighted by molar-refractivity contribution is 1.12. The van der Waals surface area contributed by atoms with Gasteiger partial charge in [-0.1, -0.05) is 30.3 Å². The third-order valence-corrected chi connectivity index (χ3v) is 3.24. The number of aromatic nitrogens is 2. The average molecular weight is 320 g/mol. The van der Waals surface area contributed by atoms with Crippen molar-refractivity contribution in [3.05, 3.63) is 52.1 Å². The van der Waals surface area contributed by atoms with Gasteiger partial charge in [0.15, 0.2) is 0 Å². The van der Waals surface area contributed by atoms with Crippen LogP contribution in [0.15, 0.2) is 48.5 Å². The number of fused-ring (bicyclic) bond motifs is 1. The first-order valence-electron chi connectivity index (χ1n) is 5.03. The topological polar surface area (TPSA) is 28.7 Å². The zero-order valence-electron chi connectivity index (χ0n) is 8.44. The van der Waals surface area contributed by atoms with Crippen LogP contribution < -0.4 is 0 Å². The Labute approximate surface area is 107 Å². The minimum Gasteiger partial charge on any atom is -0.277 e. The van der Waals surface area contributed by atoms with Crippen molar-refractivity contribution in [3.8, 4) is 11.3 Å². The van der Waals surface area contributed by atoms with Crippen LogP contribution in [-0.4, -0.2) is 10.2 Å². The molecule has 78 valence electrons. The largest absolute Gasteiger partial charge is 0.277 e. The van der Waals surface area contributed by atoms with E-state index >= 15 is 0 Å². The van der Waals surface area contributed by atoms with Crippen molar-refractivity contribution in [2.24, 2.45) is 0 Å². The molecule has 16 heavy (non-hydrogen) atoms. The maximum atomic E-state index is 4.38. The smallest absolute Gasteiger partial charge is 0.0999 e. The molecule has 3 rings (SSSR count). The lowest BCUT2D eigenvalue weighted by Gasteiger charge is -1.97. The van der Waals surface area contributed by atoms with Crippen molar-refractivity contribution in [2.75, 3.05) is 0 Å². The molecule has 0 saturated heterocycles. The molecule has 2 nitrogen and oxygen atoms in total. The molecule has 3 heteroatoms. The third kappa shape index (κ3) is 1.61. The zero-order valence-corrected chi connectivity index (χ0v) is 10.6. The van der Waals surface area contributed by atoms with Gasteiger partial charge in [0.2, 0.25) is 0 Å². The highest BCUT2D eigenvalue weighted by Crippen LogP contribution is 2.26. The normalized spacial score (nSPS) is 10.8. The van der Waals surface area contributed by atoms with Gasteiger partial charge in [0.25, 0.3) is 0 Å². The number of H-pyrrole nitrogens is 1. The summed E-state index contributed by atoms with van der Waals surface area (Å²) in [5.41, 5.74) is 3.25. The fourth-order valence-electron chi connectivity index (χ4n) is 1.80. The van der Waals surface area contributed by atoms with Gasteiger partial charge in [0.05, 0.1) is 11.2 Å². The molecule has 0 unspecified atom stereocenters. The first-order valence-corrected chi connectivity index (χ1v) is 6.11. The fraction of sp³-hybridized carbons (Fsp3) is 0. The van der Waals surface area contributed by atoms with Crippen LogP contribution in [0.4, 0.5) is 0 Å². The van der Waals surface area contributed by atoms with E-state index in [-0.39, 0.29) is 0 Å². The van der Waals surface area contributed by atoms with Gasteiger partial charge in [0.1, 0.15) is 0 Å². The fourth-order valence-corrected chi connectivity index (χ4v) is 2.29. The van der Waals surface area contributed by atoms with Crippen LogP contribution in [0.1, 0.15) is 0 Å². The minimum absolute atomic E-state index is 1.02. The van der Waals surface area contributed by atoms with Crippen molar-refractivity contribution in [1.29, 1.82) is 0 Å². The van der Waals surface area contributed by atoms with Gasteiger partial charge in [-0.15, -0.1) is 0 Å². The molecular formula is C13H9IN2. The second-order valence-corrected chi connectivity index (χ2v) is 4.87. The Balaban J connectivity index is 2.29. The van der Waals surface area contributed by atoms with Crippen molar-refractivity contribution in [2.45, 2.75) is 0 Å². The Morgan fingerprint density at radius 3 is 2.62 bits per heavy atom. The quantitative estimate of drug-likeness (QED) is 0.678. The number of halogens is 1. The minimum atomic E-state index is 1.02. The second kappa shape index (κ2) is 3.90. The number of nitrogens with zero attached hydrogens (tertiary/aromatic N) is 1. The summed E-state index contributed by atoms with van der Waals surface area (Å²) in [6.07, 6.45) is 0. The molecule has 1 heterocycles. The number of rotatable bonds is 1. The average Bonchev–Trinajstić information content (AvgIpc) is 2.73. The summed E-state index contributed by atoms with van der Waals surface area (Å²) in [6, 6.07) is 16.5. The molecule has 0 saturated carbocycles. The van der Waals surface area contributed by atoms with E-state index in [2.05, 4.69) is 63.1 Å². The standard InChI is InChI=1S/C13H9IN2/c14-10-6-7-12-11(8-10)13(16-15-12)9-4-2-1-3-5-9/h1-8H,(H,15,16). The van der Waals surface area contributed by atoms with Crippen LogP contribution >= 0.6 is 22.6 Å². The Morgan fingerprint density at radius 2 is 1.81 bits per heavy atom. The molecule has 0 aliphatic rings. The van der Waals surface area contributed by atoms with Crippen LogP contribution in [0.3, 0.4) is 0 Å². The summed E-state index contributed by atoms with van der Waals surface area (Å²) in [6.45, 7) is 0. The van der Waals surface area contributed by atoms with Crippen molar-refractivity contribution >= 4 is 33.5 Å². The van der Waals surface area contributed by atoms with E-state index in [0.29, 0.717) is 0 Å². The predicted octanol–water partition coefficient (Wildman–Crippen LogP) is 3.83. The molecule has 0 spiro atoms. The Bertz CT molecular complexity index is 629. The SMILES string of the molecule is Ic1ccc2[nH]nc(-c3ccccc3)c2c1. The first kappa shape index (κ1) is 9.84. The summed E-state index contributed by atoms with van der Waals surface area (Å²) in [4.78, 5) is 0. The molecule has 0 atom stereocenters. The number of hydrogen-bond acceptors (Lipinski definition) is 1. The third-order valence-electron chi connectivity index (χ3n) is 2.57. The number of aromatic amines is 1. The highest BCUT2D eigenvalue weighted by molar-refractivity contribution is 14.1. The lowest BCUT2D eigenvalue weighted by atomic mass is 10.1. The molecular weight excluding hydrogens is 311 g/mol. The second-order valence-electron chi connectivity index (χ2n) is 3.63. The maximum absolute atomic E-state index is 4.38. The van der Waals surface area contributed by atoms with Gasteiger partial charge < -0.3 is 0 Å². The van der Waals surface area contributed by atoms with Crippen LogP contribution in [0.2, 0.25) is 0 Å². The summed E-state index contributed by atoms with van der Waals surface area (Å²) in [7, 11) is 0. The Kier molecular flexibility index (Phi) is 2.40. The number of benzene rings is 2. The van der Waals surface area contributed by atoms with E-state index in [1.54, 1.807) is 0 Å². The summed E-state index contributed by atoms with van der Waals surface area (Å²) in [5, 5.41) is 8.62. The summed E-state index contributed by atoms with van der Waals surface area (Å²) in [5.74, 6) is 0. The maximum Gasteiger partial charge on any atom is 0.0999 e. The molecule has 0 radical (unpaired) electrons. The Hall–Kier alpha value is -1.36. The van der Waals surface area contributed by atoms with E-state index in [4.69, 9.17) is 0 Å². The molecule has 2 aromatic carbocycles. The van der Waals surface area contributed by atoms with E-state index < -0.39 is 0 Å². The van der Waals surface area contributed by atoms with Gasteiger partial charge in [-0.3, -0.25) is 5.10 Å². The van der Waals surface area contributed by atoms with Crippen molar-refractivity contribution < 1.29 is 0 Å². The van der Waals surface area contributed by atoms with Gasteiger partial charge in [0, 0.05) is 14.5 Å². The predicted molar refractivity (Wildman–Crippen MR) is 74.2 cm³/mol. The molecule has 3 aromatic rings. The van der Waals surface area contributed by atoms with Gasteiger partial charge in [-0.2, -0.15) is 5.10 Å². The summed E-state index contributed by atoms with van der Waals surface area (Å²) < 4.78 is 1.23. The van der Waals surface area contributed by atoms with Gasteiger partial charge in [-0.25, -0.2) is 0 Å². The molecule has 0 amide bonds. The monoisotopic (exact) mass is 320 g/mol. The van der Waals surface area contributed by atoms with E-state index in [1.165, 1.54) is 8.96 Å². The highest BCUT2D eigenvalue weighted by Gasteiger charge is 2.07. The number of hydrogen-bond donors (Lipinski definition) is 1. The lowest BCUT2D eigenvalue weighted by Crippen LogP contribution is -1.77. The van der Waals surface area contributed by atoms with E-state index in [9.17, 15) is 0 Å². The Morgan fingerprint density at radius 1 is 1.00 bits per heavy atom. The molecule has 0 aliphatic carbocycles. The molecule has 0 aliphatic heterocycles. The molecule has 0 bridgehead atoms. The van der Waals surface area contributed by atoms with Crippen LogP contribution in [0.25, 0.3) is 22.2 Å². The molecule has 1 N–H and O–H groups in total. The molecule has 0 fully saturated rings. The first-order chi connectivity index (χ1) is 7.84.